The van der Waals surface area contributed by atoms with Crippen molar-refractivity contribution in [2.24, 2.45) is 5.92 Å². The summed E-state index contributed by atoms with van der Waals surface area (Å²) in [6.07, 6.45) is 5.84. The Morgan fingerprint density at radius 3 is 2.63 bits per heavy atom. The molecule has 0 bridgehead atoms. The quantitative estimate of drug-likeness (QED) is 0.669. The van der Waals surface area contributed by atoms with Crippen LogP contribution in [0.15, 0.2) is 48.8 Å². The van der Waals surface area contributed by atoms with Gasteiger partial charge >= 0.3 is 0 Å². The SMILES string of the molecule is COc1ccc(CN2CC3(C2)OCC[C@@H]3CCOCc2ccncc2)cc1. The number of hydrogen-bond donors (Lipinski definition) is 0. The van der Waals surface area contributed by atoms with E-state index in [2.05, 4.69) is 22.0 Å². The highest BCUT2D eigenvalue weighted by molar-refractivity contribution is 5.27. The standard InChI is InChI=1S/C22H28N2O3/c1-25-21-4-2-18(3-5-21)14-24-16-22(17-24)20(9-13-27-22)8-12-26-15-19-6-10-23-11-7-19/h2-7,10-11,20H,8-9,12-17H2,1H3/t20-/m0/s1. The molecule has 0 aliphatic carbocycles. The summed E-state index contributed by atoms with van der Waals surface area (Å²) >= 11 is 0. The number of nitrogens with zero attached hydrogens (tertiary/aromatic N) is 2. The van der Waals surface area contributed by atoms with Crippen LogP contribution in [-0.2, 0) is 22.6 Å². The van der Waals surface area contributed by atoms with Crippen molar-refractivity contribution < 1.29 is 14.2 Å². The highest BCUT2D eigenvalue weighted by Crippen LogP contribution is 2.42. The highest BCUT2D eigenvalue weighted by Gasteiger charge is 2.52. The third-order valence-corrected chi connectivity index (χ3v) is 5.78. The largest absolute Gasteiger partial charge is 0.497 e. The van der Waals surface area contributed by atoms with Gasteiger partial charge in [0.05, 0.1) is 19.3 Å². The average molecular weight is 368 g/mol. The third-order valence-electron chi connectivity index (χ3n) is 5.78. The van der Waals surface area contributed by atoms with Crippen molar-refractivity contribution in [1.82, 2.24) is 9.88 Å². The Balaban J connectivity index is 1.21. The van der Waals surface area contributed by atoms with Crippen LogP contribution in [0.5, 0.6) is 5.75 Å². The number of benzene rings is 1. The molecule has 2 aliphatic rings. The predicted octanol–water partition coefficient (Wildman–Crippen LogP) is 3.29. The van der Waals surface area contributed by atoms with Crippen molar-refractivity contribution in [3.8, 4) is 5.75 Å². The van der Waals surface area contributed by atoms with Crippen LogP contribution in [0.1, 0.15) is 24.0 Å². The van der Waals surface area contributed by atoms with Crippen molar-refractivity contribution in [2.75, 3.05) is 33.4 Å². The van der Waals surface area contributed by atoms with E-state index >= 15 is 0 Å². The molecule has 4 rings (SSSR count). The van der Waals surface area contributed by atoms with Gasteiger partial charge in [-0.05, 0) is 54.2 Å². The van der Waals surface area contributed by atoms with Gasteiger partial charge in [-0.25, -0.2) is 0 Å². The first kappa shape index (κ1) is 18.4. The molecule has 0 radical (unpaired) electrons. The van der Waals surface area contributed by atoms with E-state index in [4.69, 9.17) is 14.2 Å². The van der Waals surface area contributed by atoms with Crippen LogP contribution in [0.3, 0.4) is 0 Å². The Bertz CT molecular complexity index is 714. The first-order valence-corrected chi connectivity index (χ1v) is 9.73. The number of likely N-dealkylation sites (tertiary alicyclic amines) is 1. The number of ether oxygens (including phenoxy) is 3. The molecular weight excluding hydrogens is 340 g/mol. The van der Waals surface area contributed by atoms with Gasteiger partial charge in [0, 0.05) is 45.2 Å². The van der Waals surface area contributed by atoms with E-state index in [-0.39, 0.29) is 5.60 Å². The maximum atomic E-state index is 6.18. The second-order valence-corrected chi connectivity index (χ2v) is 7.59. The molecule has 2 aromatic rings. The monoisotopic (exact) mass is 368 g/mol. The summed E-state index contributed by atoms with van der Waals surface area (Å²) in [7, 11) is 1.70. The summed E-state index contributed by atoms with van der Waals surface area (Å²) in [6.45, 7) is 5.34. The van der Waals surface area contributed by atoms with Gasteiger partial charge in [0.2, 0.25) is 0 Å². The minimum Gasteiger partial charge on any atom is -0.497 e. The molecule has 1 spiro atoms. The van der Waals surface area contributed by atoms with Crippen molar-refractivity contribution in [2.45, 2.75) is 31.6 Å². The van der Waals surface area contributed by atoms with E-state index in [1.807, 2.05) is 36.7 Å². The molecule has 2 aliphatic heterocycles. The lowest BCUT2D eigenvalue weighted by atomic mass is 9.79. The fraction of sp³-hybridized carbons (Fsp3) is 0.500. The second-order valence-electron chi connectivity index (χ2n) is 7.59. The summed E-state index contributed by atoms with van der Waals surface area (Å²) in [4.78, 5) is 6.51. The number of hydrogen-bond acceptors (Lipinski definition) is 5. The molecule has 5 heteroatoms. The molecule has 2 saturated heterocycles. The first-order valence-electron chi connectivity index (χ1n) is 9.73. The Labute approximate surface area is 161 Å². The van der Waals surface area contributed by atoms with Gasteiger partial charge in [0.15, 0.2) is 0 Å². The summed E-state index contributed by atoms with van der Waals surface area (Å²) < 4.78 is 17.3. The Kier molecular flexibility index (Phi) is 5.72. The Morgan fingerprint density at radius 2 is 1.89 bits per heavy atom. The molecule has 5 nitrogen and oxygen atoms in total. The highest BCUT2D eigenvalue weighted by atomic mass is 16.5. The molecule has 0 unspecified atom stereocenters. The second kappa shape index (κ2) is 8.38. The smallest absolute Gasteiger partial charge is 0.118 e. The van der Waals surface area contributed by atoms with Crippen LogP contribution < -0.4 is 4.74 Å². The molecule has 1 atom stereocenters. The number of rotatable bonds is 8. The van der Waals surface area contributed by atoms with Crippen molar-refractivity contribution >= 4 is 0 Å². The van der Waals surface area contributed by atoms with E-state index in [1.165, 1.54) is 11.1 Å². The van der Waals surface area contributed by atoms with E-state index in [0.717, 1.165) is 51.4 Å². The van der Waals surface area contributed by atoms with Gasteiger partial charge in [0.1, 0.15) is 5.75 Å². The molecule has 2 fully saturated rings. The van der Waals surface area contributed by atoms with Crippen LogP contribution in [-0.4, -0.2) is 48.9 Å². The lowest BCUT2D eigenvalue weighted by molar-refractivity contribution is -0.139. The van der Waals surface area contributed by atoms with Gasteiger partial charge < -0.3 is 14.2 Å². The molecule has 0 N–H and O–H groups in total. The van der Waals surface area contributed by atoms with Crippen molar-refractivity contribution in [1.29, 1.82) is 0 Å². The molecule has 3 heterocycles. The molecule has 1 aromatic heterocycles. The van der Waals surface area contributed by atoms with Crippen molar-refractivity contribution in [3.63, 3.8) is 0 Å². The molecule has 0 amide bonds. The Hall–Kier alpha value is -1.95. The normalized spacial score (nSPS) is 21.3. The fourth-order valence-corrected chi connectivity index (χ4v) is 4.25. The molecule has 144 valence electrons. The maximum Gasteiger partial charge on any atom is 0.118 e. The van der Waals surface area contributed by atoms with Gasteiger partial charge in [-0.2, -0.15) is 0 Å². The zero-order valence-corrected chi connectivity index (χ0v) is 16.0. The summed E-state index contributed by atoms with van der Waals surface area (Å²) in [5.41, 5.74) is 2.55. The fourth-order valence-electron chi connectivity index (χ4n) is 4.25. The maximum absolute atomic E-state index is 6.18. The number of aromatic nitrogens is 1. The molecule has 1 aromatic carbocycles. The number of methoxy groups -OCH3 is 1. The first-order chi connectivity index (χ1) is 13.3. The van der Waals surface area contributed by atoms with Crippen LogP contribution in [0.25, 0.3) is 0 Å². The van der Waals surface area contributed by atoms with Gasteiger partial charge in [-0.3, -0.25) is 9.88 Å². The molecule has 0 saturated carbocycles. The van der Waals surface area contributed by atoms with Crippen molar-refractivity contribution in [3.05, 3.63) is 59.9 Å². The van der Waals surface area contributed by atoms with E-state index in [1.54, 1.807) is 7.11 Å². The van der Waals surface area contributed by atoms with Crippen LogP contribution in [0.2, 0.25) is 0 Å². The Morgan fingerprint density at radius 1 is 1.11 bits per heavy atom. The van der Waals surface area contributed by atoms with E-state index < -0.39 is 0 Å². The minimum absolute atomic E-state index is 0.0481. The average Bonchev–Trinajstić information content (AvgIpc) is 3.10. The number of pyridine rings is 1. The lowest BCUT2D eigenvalue weighted by Gasteiger charge is -2.50. The van der Waals surface area contributed by atoms with Gasteiger partial charge in [-0.1, -0.05) is 12.1 Å². The summed E-state index contributed by atoms with van der Waals surface area (Å²) in [6, 6.07) is 12.3. The topological polar surface area (TPSA) is 43.8 Å². The molecule has 27 heavy (non-hydrogen) atoms. The van der Waals surface area contributed by atoms with Gasteiger partial charge in [-0.15, -0.1) is 0 Å². The van der Waals surface area contributed by atoms with E-state index in [9.17, 15) is 0 Å². The van der Waals surface area contributed by atoms with E-state index in [0.29, 0.717) is 12.5 Å². The lowest BCUT2D eigenvalue weighted by Crippen LogP contribution is -2.64. The third kappa shape index (κ3) is 4.32. The molecular formula is C22H28N2O3. The zero-order valence-electron chi connectivity index (χ0n) is 16.0. The minimum atomic E-state index is 0.0481. The zero-order chi connectivity index (χ0) is 18.5. The summed E-state index contributed by atoms with van der Waals surface area (Å²) in [5.74, 6) is 1.51. The predicted molar refractivity (Wildman–Crippen MR) is 104 cm³/mol. The van der Waals surface area contributed by atoms with Crippen LogP contribution >= 0.6 is 0 Å². The van der Waals surface area contributed by atoms with Crippen LogP contribution in [0, 0.1) is 5.92 Å². The van der Waals surface area contributed by atoms with Crippen LogP contribution in [0.4, 0.5) is 0 Å². The van der Waals surface area contributed by atoms with Gasteiger partial charge in [0.25, 0.3) is 0 Å². The summed E-state index contributed by atoms with van der Waals surface area (Å²) in [5, 5.41) is 0.